The molecule has 0 aliphatic carbocycles. The number of carbonyl (C=O) groups is 2. The molecule has 7 nitrogen and oxygen atoms in total. The molecule has 7 heteroatoms. The van der Waals surface area contributed by atoms with Gasteiger partial charge in [0.2, 0.25) is 0 Å². The van der Waals surface area contributed by atoms with Crippen LogP contribution >= 0.6 is 0 Å². The van der Waals surface area contributed by atoms with Gasteiger partial charge in [-0.05, 0) is 12.5 Å². The fourth-order valence-corrected chi connectivity index (χ4v) is 3.62. The molecule has 1 aliphatic heterocycles. The Labute approximate surface area is 180 Å². The van der Waals surface area contributed by atoms with Crippen LogP contribution in [0.5, 0.6) is 0 Å². The number of aromatic amines is 1. The lowest BCUT2D eigenvalue weighted by molar-refractivity contribution is -0.134. The molecule has 0 bridgehead atoms. The summed E-state index contributed by atoms with van der Waals surface area (Å²) in [7, 11) is 1.28. The molecule has 2 unspecified atom stereocenters. The zero-order valence-corrected chi connectivity index (χ0v) is 17.4. The monoisotopic (exact) mass is 416 g/mol. The van der Waals surface area contributed by atoms with Crippen LogP contribution in [0.3, 0.4) is 0 Å². The van der Waals surface area contributed by atoms with E-state index in [1.54, 1.807) is 17.0 Å². The lowest BCUT2D eigenvalue weighted by Crippen LogP contribution is -2.43. The van der Waals surface area contributed by atoms with Crippen LogP contribution in [-0.4, -0.2) is 40.5 Å². The van der Waals surface area contributed by atoms with E-state index in [1.807, 2.05) is 67.7 Å². The molecule has 0 fully saturated rings. The Morgan fingerprint density at radius 3 is 2.61 bits per heavy atom. The molecule has 0 saturated heterocycles. The molecule has 1 aromatic heterocycles. The SMILES string of the molecule is COC(=O)NC(C(=O)N1CC=CC1c1nc(-c2ccc(C)cc2)c[nH]1)c1ccccc1. The minimum atomic E-state index is -0.859. The number of rotatable bonds is 5. The summed E-state index contributed by atoms with van der Waals surface area (Å²) in [5, 5.41) is 2.66. The number of ether oxygens (including phenoxy) is 1. The molecule has 3 aromatic rings. The average molecular weight is 416 g/mol. The maximum atomic E-state index is 13.5. The number of aromatic nitrogens is 2. The summed E-state index contributed by atoms with van der Waals surface area (Å²) < 4.78 is 4.73. The maximum absolute atomic E-state index is 13.5. The molecule has 0 saturated carbocycles. The number of carbonyl (C=O) groups excluding carboxylic acids is 2. The van der Waals surface area contributed by atoms with Crippen LogP contribution in [0, 0.1) is 6.92 Å². The van der Waals surface area contributed by atoms with Crippen molar-refractivity contribution in [3.63, 3.8) is 0 Å². The van der Waals surface area contributed by atoms with Crippen LogP contribution in [0.4, 0.5) is 4.79 Å². The van der Waals surface area contributed by atoms with Gasteiger partial charge in [-0.1, -0.05) is 72.3 Å². The van der Waals surface area contributed by atoms with E-state index in [-0.39, 0.29) is 11.9 Å². The van der Waals surface area contributed by atoms with Crippen molar-refractivity contribution in [3.8, 4) is 11.3 Å². The van der Waals surface area contributed by atoms with Gasteiger partial charge in [-0.15, -0.1) is 0 Å². The van der Waals surface area contributed by atoms with Gasteiger partial charge in [0, 0.05) is 18.3 Å². The second kappa shape index (κ2) is 8.87. The zero-order valence-electron chi connectivity index (χ0n) is 17.4. The van der Waals surface area contributed by atoms with Crippen molar-refractivity contribution in [2.45, 2.75) is 19.0 Å². The Morgan fingerprint density at radius 2 is 1.90 bits per heavy atom. The van der Waals surface area contributed by atoms with Crippen molar-refractivity contribution in [1.29, 1.82) is 0 Å². The summed E-state index contributed by atoms with van der Waals surface area (Å²) in [6, 6.07) is 16.0. The quantitative estimate of drug-likeness (QED) is 0.617. The topological polar surface area (TPSA) is 87.3 Å². The van der Waals surface area contributed by atoms with Gasteiger partial charge in [-0.25, -0.2) is 9.78 Å². The Balaban J connectivity index is 1.59. The average Bonchev–Trinajstić information content (AvgIpc) is 3.47. The summed E-state index contributed by atoms with van der Waals surface area (Å²) in [6.07, 6.45) is 5.05. The molecule has 2 heterocycles. The third-order valence-electron chi connectivity index (χ3n) is 5.29. The van der Waals surface area contributed by atoms with Gasteiger partial charge in [0.25, 0.3) is 5.91 Å². The van der Waals surface area contributed by atoms with E-state index in [4.69, 9.17) is 9.72 Å². The van der Waals surface area contributed by atoms with E-state index in [9.17, 15) is 9.59 Å². The number of nitrogens with zero attached hydrogens (tertiary/aromatic N) is 2. The molecule has 2 aromatic carbocycles. The van der Waals surface area contributed by atoms with Gasteiger partial charge >= 0.3 is 6.09 Å². The zero-order chi connectivity index (χ0) is 21.8. The van der Waals surface area contributed by atoms with Crippen molar-refractivity contribution in [2.75, 3.05) is 13.7 Å². The Hall–Kier alpha value is -3.87. The third-order valence-corrected chi connectivity index (χ3v) is 5.29. The Morgan fingerprint density at radius 1 is 1.16 bits per heavy atom. The van der Waals surface area contributed by atoms with Crippen LogP contribution in [0.15, 0.2) is 72.9 Å². The highest BCUT2D eigenvalue weighted by molar-refractivity contribution is 5.87. The van der Waals surface area contributed by atoms with Gasteiger partial charge in [0.15, 0.2) is 0 Å². The van der Waals surface area contributed by atoms with Crippen LogP contribution < -0.4 is 5.32 Å². The van der Waals surface area contributed by atoms with Crippen molar-refractivity contribution in [1.82, 2.24) is 20.2 Å². The van der Waals surface area contributed by atoms with E-state index in [2.05, 4.69) is 10.3 Å². The van der Waals surface area contributed by atoms with Gasteiger partial charge < -0.3 is 19.9 Å². The summed E-state index contributed by atoms with van der Waals surface area (Å²) in [6.45, 7) is 2.47. The van der Waals surface area contributed by atoms with E-state index in [0.717, 1.165) is 11.3 Å². The summed E-state index contributed by atoms with van der Waals surface area (Å²) in [5.74, 6) is 0.433. The molecular weight excluding hydrogens is 392 g/mol. The van der Waals surface area contributed by atoms with Crippen LogP contribution in [-0.2, 0) is 9.53 Å². The number of benzene rings is 2. The second-order valence-corrected chi connectivity index (χ2v) is 7.38. The lowest BCUT2D eigenvalue weighted by Gasteiger charge is -2.28. The minimum Gasteiger partial charge on any atom is -0.453 e. The number of aryl methyl sites for hydroxylation is 1. The highest BCUT2D eigenvalue weighted by Gasteiger charge is 2.34. The van der Waals surface area contributed by atoms with Crippen molar-refractivity contribution >= 4 is 12.0 Å². The molecule has 2 N–H and O–H groups in total. The largest absolute Gasteiger partial charge is 0.453 e. The second-order valence-electron chi connectivity index (χ2n) is 7.38. The number of imidazole rings is 1. The van der Waals surface area contributed by atoms with Crippen molar-refractivity contribution < 1.29 is 14.3 Å². The molecule has 0 radical (unpaired) electrons. The first-order valence-electron chi connectivity index (χ1n) is 10.1. The number of alkyl carbamates (subject to hydrolysis) is 1. The first kappa shape index (κ1) is 20.4. The molecule has 0 spiro atoms. The van der Waals surface area contributed by atoms with Crippen molar-refractivity contribution in [3.05, 3.63) is 89.9 Å². The molecule has 2 amide bonds. The first-order chi connectivity index (χ1) is 15.1. The lowest BCUT2D eigenvalue weighted by atomic mass is 10.1. The predicted molar refractivity (Wildman–Crippen MR) is 117 cm³/mol. The van der Waals surface area contributed by atoms with E-state index >= 15 is 0 Å². The van der Waals surface area contributed by atoms with Crippen molar-refractivity contribution in [2.24, 2.45) is 0 Å². The molecule has 31 heavy (non-hydrogen) atoms. The fraction of sp³-hybridized carbons (Fsp3) is 0.208. The Bertz CT molecular complexity index is 1090. The predicted octanol–water partition coefficient (Wildman–Crippen LogP) is 3.92. The minimum absolute atomic E-state index is 0.236. The number of methoxy groups -OCH3 is 1. The normalized spacial score (nSPS) is 16.2. The fourth-order valence-electron chi connectivity index (χ4n) is 3.62. The summed E-state index contributed by atoms with van der Waals surface area (Å²) >= 11 is 0. The van der Waals surface area contributed by atoms with Crippen LogP contribution in [0.25, 0.3) is 11.3 Å². The van der Waals surface area contributed by atoms with Gasteiger partial charge in [-0.3, -0.25) is 4.79 Å². The number of hydrogen-bond donors (Lipinski definition) is 2. The molecule has 158 valence electrons. The summed E-state index contributed by atoms with van der Waals surface area (Å²) in [4.78, 5) is 35.0. The maximum Gasteiger partial charge on any atom is 0.407 e. The summed E-state index contributed by atoms with van der Waals surface area (Å²) in [5.41, 5.74) is 3.68. The van der Waals surface area contributed by atoms with E-state index in [1.165, 1.54) is 12.7 Å². The highest BCUT2D eigenvalue weighted by Crippen LogP contribution is 2.30. The molecule has 4 rings (SSSR count). The smallest absolute Gasteiger partial charge is 0.407 e. The first-order valence-corrected chi connectivity index (χ1v) is 10.1. The number of hydrogen-bond acceptors (Lipinski definition) is 4. The Kier molecular flexibility index (Phi) is 5.84. The number of H-pyrrole nitrogens is 1. The molecular formula is C24H24N4O3. The van der Waals surface area contributed by atoms with E-state index in [0.29, 0.717) is 17.9 Å². The molecule has 2 atom stereocenters. The van der Waals surface area contributed by atoms with Gasteiger partial charge in [-0.2, -0.15) is 0 Å². The number of amides is 2. The van der Waals surface area contributed by atoms with Crippen LogP contribution in [0.1, 0.15) is 29.0 Å². The highest BCUT2D eigenvalue weighted by atomic mass is 16.5. The molecule has 1 aliphatic rings. The number of nitrogens with one attached hydrogen (secondary N) is 2. The van der Waals surface area contributed by atoms with Crippen LogP contribution in [0.2, 0.25) is 0 Å². The standard InChI is InChI=1S/C24H24N4O3/c1-16-10-12-17(13-11-16)19-15-25-22(26-19)20-9-6-14-28(20)23(29)21(27-24(30)31-2)18-7-4-3-5-8-18/h3-13,15,20-21H,14H2,1-2H3,(H,25,26)(H,27,30). The van der Waals surface area contributed by atoms with Gasteiger partial charge in [0.1, 0.15) is 17.9 Å². The third kappa shape index (κ3) is 4.35. The van der Waals surface area contributed by atoms with E-state index < -0.39 is 12.1 Å². The van der Waals surface area contributed by atoms with Gasteiger partial charge in [0.05, 0.1) is 12.8 Å².